The van der Waals surface area contributed by atoms with E-state index in [0.29, 0.717) is 10.6 Å². The number of nitrogens with one attached hydrogen (secondary N) is 1. The molecule has 0 radical (unpaired) electrons. The molecule has 0 heterocycles. The van der Waals surface area contributed by atoms with Gasteiger partial charge in [0.05, 0.1) is 10.6 Å². The molecule has 1 aliphatic carbocycles. The van der Waals surface area contributed by atoms with Gasteiger partial charge in [-0.1, -0.05) is 24.7 Å². The molecule has 1 amide bonds. The highest BCUT2D eigenvalue weighted by molar-refractivity contribution is 7.80. The molecular weight excluding hydrogens is 260 g/mol. The van der Waals surface area contributed by atoms with Crippen molar-refractivity contribution in [2.75, 3.05) is 0 Å². The lowest BCUT2D eigenvalue weighted by Gasteiger charge is -2.20. The average molecular weight is 278 g/mol. The van der Waals surface area contributed by atoms with Crippen molar-refractivity contribution in [3.05, 3.63) is 29.3 Å². The highest BCUT2D eigenvalue weighted by Gasteiger charge is 2.31. The van der Waals surface area contributed by atoms with Gasteiger partial charge >= 0.3 is 0 Å². The van der Waals surface area contributed by atoms with E-state index in [-0.39, 0.29) is 23.6 Å². The van der Waals surface area contributed by atoms with Gasteiger partial charge in [-0.2, -0.15) is 0 Å². The number of thiocarbonyl (C=S) groups is 1. The van der Waals surface area contributed by atoms with Gasteiger partial charge in [0.2, 0.25) is 0 Å². The molecule has 4 N–H and O–H groups in total. The minimum absolute atomic E-state index is 0.00220. The Balaban J connectivity index is 2.10. The molecule has 4 nitrogen and oxygen atoms in total. The van der Waals surface area contributed by atoms with Gasteiger partial charge in [-0.3, -0.25) is 4.79 Å². The summed E-state index contributed by atoms with van der Waals surface area (Å²) in [6.45, 7) is 1.86. The molecule has 1 saturated carbocycles. The SMILES string of the molecule is Cc1ccc(C(=O)NC2CCCC2C(N)=S)c(O)c1. The second-order valence-electron chi connectivity index (χ2n) is 5.04. The second-order valence-corrected chi connectivity index (χ2v) is 5.51. The van der Waals surface area contributed by atoms with E-state index in [2.05, 4.69) is 5.32 Å². The maximum atomic E-state index is 12.1. The van der Waals surface area contributed by atoms with E-state index in [4.69, 9.17) is 18.0 Å². The van der Waals surface area contributed by atoms with Gasteiger partial charge in [0.25, 0.3) is 5.91 Å². The van der Waals surface area contributed by atoms with Gasteiger partial charge in [-0.15, -0.1) is 0 Å². The molecule has 1 aromatic carbocycles. The molecule has 1 aromatic rings. The van der Waals surface area contributed by atoms with E-state index in [1.165, 1.54) is 0 Å². The monoisotopic (exact) mass is 278 g/mol. The number of carbonyl (C=O) groups is 1. The predicted molar refractivity (Wildman–Crippen MR) is 78.2 cm³/mol. The molecule has 0 saturated heterocycles. The number of hydrogen-bond acceptors (Lipinski definition) is 3. The highest BCUT2D eigenvalue weighted by Crippen LogP contribution is 2.27. The lowest BCUT2D eigenvalue weighted by Crippen LogP contribution is -2.41. The van der Waals surface area contributed by atoms with E-state index in [1.807, 2.05) is 6.92 Å². The van der Waals surface area contributed by atoms with Crippen molar-refractivity contribution >= 4 is 23.1 Å². The normalized spacial score (nSPS) is 22.2. The van der Waals surface area contributed by atoms with Crippen molar-refractivity contribution in [3.8, 4) is 5.75 Å². The van der Waals surface area contributed by atoms with Crippen LogP contribution in [0.15, 0.2) is 18.2 Å². The molecule has 0 spiro atoms. The molecule has 2 unspecified atom stereocenters. The number of phenolic OH excluding ortho intramolecular Hbond substituents is 1. The molecule has 19 heavy (non-hydrogen) atoms. The predicted octanol–water partition coefficient (Wildman–Crippen LogP) is 1.89. The van der Waals surface area contributed by atoms with Crippen LogP contribution in [0.4, 0.5) is 0 Å². The highest BCUT2D eigenvalue weighted by atomic mass is 32.1. The summed E-state index contributed by atoms with van der Waals surface area (Å²) in [5, 5.41) is 12.7. The van der Waals surface area contributed by atoms with Crippen LogP contribution in [0.2, 0.25) is 0 Å². The summed E-state index contributed by atoms with van der Waals surface area (Å²) in [4.78, 5) is 12.6. The van der Waals surface area contributed by atoms with Crippen LogP contribution in [-0.2, 0) is 0 Å². The van der Waals surface area contributed by atoms with E-state index in [9.17, 15) is 9.90 Å². The minimum Gasteiger partial charge on any atom is -0.507 e. The summed E-state index contributed by atoms with van der Waals surface area (Å²) in [5.41, 5.74) is 6.89. The molecule has 2 atom stereocenters. The number of hydrogen-bond donors (Lipinski definition) is 3. The van der Waals surface area contributed by atoms with Crippen molar-refractivity contribution in [2.45, 2.75) is 32.2 Å². The van der Waals surface area contributed by atoms with Crippen LogP contribution in [0, 0.1) is 12.8 Å². The smallest absolute Gasteiger partial charge is 0.255 e. The van der Waals surface area contributed by atoms with E-state index in [1.54, 1.807) is 18.2 Å². The van der Waals surface area contributed by atoms with Gasteiger partial charge in [-0.25, -0.2) is 0 Å². The molecular formula is C14H18N2O2S. The molecule has 1 aliphatic rings. The molecule has 102 valence electrons. The van der Waals surface area contributed by atoms with Gasteiger partial charge in [-0.05, 0) is 37.5 Å². The Morgan fingerprint density at radius 3 is 2.84 bits per heavy atom. The molecule has 0 aliphatic heterocycles. The zero-order valence-corrected chi connectivity index (χ0v) is 11.7. The zero-order chi connectivity index (χ0) is 14.0. The minimum atomic E-state index is -0.273. The largest absolute Gasteiger partial charge is 0.507 e. The van der Waals surface area contributed by atoms with Crippen LogP contribution in [0.25, 0.3) is 0 Å². The van der Waals surface area contributed by atoms with Crippen molar-refractivity contribution < 1.29 is 9.90 Å². The number of carbonyl (C=O) groups excluding carboxylic acids is 1. The summed E-state index contributed by atoms with van der Waals surface area (Å²) in [6.07, 6.45) is 2.80. The van der Waals surface area contributed by atoms with Crippen molar-refractivity contribution in [2.24, 2.45) is 11.7 Å². The first-order valence-corrected chi connectivity index (χ1v) is 6.79. The molecule has 1 fully saturated rings. The fourth-order valence-electron chi connectivity index (χ4n) is 2.55. The van der Waals surface area contributed by atoms with Gasteiger partial charge in [0, 0.05) is 12.0 Å². The summed E-state index contributed by atoms with van der Waals surface area (Å²) >= 11 is 5.02. The number of nitrogens with two attached hydrogens (primary N) is 1. The average Bonchev–Trinajstić information content (AvgIpc) is 2.76. The topological polar surface area (TPSA) is 75.4 Å². The Hall–Kier alpha value is -1.62. The van der Waals surface area contributed by atoms with E-state index in [0.717, 1.165) is 24.8 Å². The van der Waals surface area contributed by atoms with Gasteiger partial charge < -0.3 is 16.2 Å². The summed E-state index contributed by atoms with van der Waals surface area (Å²) < 4.78 is 0. The van der Waals surface area contributed by atoms with Crippen molar-refractivity contribution in [1.29, 1.82) is 0 Å². The molecule has 5 heteroatoms. The standard InChI is InChI=1S/C14H18N2O2S/c1-8-5-6-10(12(17)7-8)14(18)16-11-4-2-3-9(11)13(15)19/h5-7,9,11,17H,2-4H2,1H3,(H2,15,19)(H,16,18). The number of rotatable bonds is 3. The first kappa shape index (κ1) is 13.8. The number of aromatic hydroxyl groups is 1. The number of amides is 1. The van der Waals surface area contributed by atoms with Crippen LogP contribution in [0.5, 0.6) is 5.75 Å². The quantitative estimate of drug-likeness (QED) is 0.738. The summed E-state index contributed by atoms with van der Waals surface area (Å²) in [5.74, 6) is -0.209. The summed E-state index contributed by atoms with van der Waals surface area (Å²) in [7, 11) is 0. The Kier molecular flexibility index (Phi) is 4.04. The fourth-order valence-corrected chi connectivity index (χ4v) is 2.84. The Morgan fingerprint density at radius 1 is 1.47 bits per heavy atom. The third kappa shape index (κ3) is 3.04. The van der Waals surface area contributed by atoms with Gasteiger partial charge in [0.1, 0.15) is 5.75 Å². The lowest BCUT2D eigenvalue weighted by molar-refractivity contribution is 0.0931. The maximum Gasteiger partial charge on any atom is 0.255 e. The van der Waals surface area contributed by atoms with Gasteiger partial charge in [0.15, 0.2) is 0 Å². The van der Waals surface area contributed by atoms with E-state index >= 15 is 0 Å². The van der Waals surface area contributed by atoms with Crippen molar-refractivity contribution in [3.63, 3.8) is 0 Å². The van der Waals surface area contributed by atoms with Crippen LogP contribution < -0.4 is 11.1 Å². The third-order valence-corrected chi connectivity index (χ3v) is 3.90. The number of benzene rings is 1. The summed E-state index contributed by atoms with van der Waals surface area (Å²) in [6, 6.07) is 4.99. The van der Waals surface area contributed by atoms with Crippen LogP contribution >= 0.6 is 12.2 Å². The van der Waals surface area contributed by atoms with Crippen LogP contribution in [0.1, 0.15) is 35.2 Å². The van der Waals surface area contributed by atoms with Crippen LogP contribution in [0.3, 0.4) is 0 Å². The molecule has 0 aromatic heterocycles. The Labute approximate surface area is 118 Å². The number of phenols is 1. The zero-order valence-electron chi connectivity index (χ0n) is 10.8. The lowest BCUT2D eigenvalue weighted by atomic mass is 10.0. The fraction of sp³-hybridized carbons (Fsp3) is 0.429. The third-order valence-electron chi connectivity index (χ3n) is 3.60. The van der Waals surface area contributed by atoms with E-state index < -0.39 is 0 Å². The number of aryl methyl sites for hydroxylation is 1. The molecule has 0 bridgehead atoms. The van der Waals surface area contributed by atoms with Crippen LogP contribution in [-0.4, -0.2) is 22.0 Å². The first-order chi connectivity index (χ1) is 8.99. The Bertz CT molecular complexity index is 516. The maximum absolute atomic E-state index is 12.1. The molecule has 2 rings (SSSR count). The first-order valence-electron chi connectivity index (χ1n) is 6.39. The Morgan fingerprint density at radius 2 is 2.21 bits per heavy atom. The van der Waals surface area contributed by atoms with Crippen molar-refractivity contribution in [1.82, 2.24) is 5.32 Å². The second kappa shape index (κ2) is 5.57.